The molecule has 32 heavy (non-hydrogen) atoms. The van der Waals surface area contributed by atoms with Crippen molar-refractivity contribution in [2.45, 2.75) is 57.7 Å². The van der Waals surface area contributed by atoms with Crippen LogP contribution in [-0.4, -0.2) is 41.6 Å². The zero-order chi connectivity index (χ0) is 23.2. The van der Waals surface area contributed by atoms with E-state index in [4.69, 9.17) is 10.5 Å². The minimum atomic E-state index is -0.664. The number of benzene rings is 2. The van der Waals surface area contributed by atoms with E-state index in [2.05, 4.69) is 17.4 Å². The van der Waals surface area contributed by atoms with Crippen molar-refractivity contribution >= 4 is 28.3 Å². The fourth-order valence-corrected chi connectivity index (χ4v) is 4.18. The van der Waals surface area contributed by atoms with E-state index in [1.807, 2.05) is 34.7 Å². The highest BCUT2D eigenvalue weighted by molar-refractivity contribution is 14.1. The monoisotopic (exact) mass is 554 g/mol. The first kappa shape index (κ1) is 26.9. The third-order valence-corrected chi connectivity index (χ3v) is 6.26. The molecule has 0 amide bonds. The summed E-state index contributed by atoms with van der Waals surface area (Å²) in [6.07, 6.45) is 7.03. The number of ether oxygens (including phenoxy) is 1. The summed E-state index contributed by atoms with van der Waals surface area (Å²) in [5.41, 5.74) is 8.98. The summed E-state index contributed by atoms with van der Waals surface area (Å²) in [5.74, 6) is 0.0825. The molecule has 7 heteroatoms. The van der Waals surface area contributed by atoms with Crippen molar-refractivity contribution in [1.29, 1.82) is 0 Å². The summed E-state index contributed by atoms with van der Waals surface area (Å²) >= 11 is 2.00. The van der Waals surface area contributed by atoms with Gasteiger partial charge in [0.2, 0.25) is 0 Å². The molecule has 6 nitrogen and oxygen atoms in total. The van der Waals surface area contributed by atoms with Crippen molar-refractivity contribution in [3.05, 3.63) is 56.7 Å². The Labute approximate surface area is 205 Å². The summed E-state index contributed by atoms with van der Waals surface area (Å²) in [6.45, 7) is 2.70. The molecule has 178 valence electrons. The highest BCUT2D eigenvalue weighted by Gasteiger charge is 2.13. The van der Waals surface area contributed by atoms with Crippen LogP contribution in [0.4, 0.5) is 5.69 Å². The highest BCUT2D eigenvalue weighted by Crippen LogP contribution is 2.28. The zero-order valence-corrected chi connectivity index (χ0v) is 20.9. The first-order valence-corrected chi connectivity index (χ1v) is 12.5. The second-order valence-electron chi connectivity index (χ2n) is 8.11. The Bertz CT molecular complexity index is 786. The molecule has 0 spiro atoms. The number of nitrogens with two attached hydrogens (primary N) is 1. The lowest BCUT2D eigenvalue weighted by molar-refractivity contribution is 0.126. The van der Waals surface area contributed by atoms with Gasteiger partial charge in [-0.25, -0.2) is 0 Å². The number of nitrogens with one attached hydrogen (secondary N) is 1. The van der Waals surface area contributed by atoms with Crippen LogP contribution in [0, 0.1) is 3.57 Å². The van der Waals surface area contributed by atoms with Gasteiger partial charge in [0.15, 0.2) is 0 Å². The van der Waals surface area contributed by atoms with E-state index in [0.29, 0.717) is 21.2 Å². The van der Waals surface area contributed by atoms with Crippen molar-refractivity contribution in [2.75, 3.05) is 32.0 Å². The Balaban J connectivity index is 1.42. The van der Waals surface area contributed by atoms with Crippen LogP contribution in [0.25, 0.3) is 0 Å². The van der Waals surface area contributed by atoms with Crippen LogP contribution in [0.3, 0.4) is 0 Å². The van der Waals surface area contributed by atoms with Gasteiger partial charge in [-0.1, -0.05) is 25.0 Å². The Kier molecular flexibility index (Phi) is 13.0. The highest BCUT2D eigenvalue weighted by atomic mass is 125. The van der Waals surface area contributed by atoms with Crippen LogP contribution in [0.2, 0.25) is 0 Å². The first-order valence-electron chi connectivity index (χ1n) is 11.4. The van der Waals surface area contributed by atoms with Crippen LogP contribution in [-0.2, 0) is 17.8 Å². The number of aliphatic hydroxyl groups is 2. The fraction of sp³-hybridized carbons (Fsp3) is 0.520. The normalized spacial score (nSPS) is 12.2. The molecule has 6 N–H and O–H groups in total. The molecule has 0 aliphatic rings. The smallest absolute Gasteiger partial charge is 0.134 e. The predicted octanol–water partition coefficient (Wildman–Crippen LogP) is 4.29. The topological polar surface area (TPSA) is 108 Å². The van der Waals surface area contributed by atoms with Crippen LogP contribution in [0.1, 0.15) is 61.3 Å². The van der Waals surface area contributed by atoms with Gasteiger partial charge in [-0.05, 0) is 96.6 Å². The standard InChI is InChI=1S/C25H37IN2O4/c26-23-16-20(15-21(18-29)25(23)31)24(30)17-28-12-4-1-2-5-13-32-14-6-3-7-19-8-10-22(27)11-9-19/h8-11,15-16,24,28-31H,1-7,12-14,17-18,27H2/i26-2. The summed E-state index contributed by atoms with van der Waals surface area (Å²) in [4.78, 5) is 0. The number of nitrogen functional groups attached to an aromatic ring is 1. The maximum Gasteiger partial charge on any atom is 0.134 e. The average Bonchev–Trinajstić information content (AvgIpc) is 2.79. The predicted molar refractivity (Wildman–Crippen MR) is 138 cm³/mol. The largest absolute Gasteiger partial charge is 0.506 e. The van der Waals surface area contributed by atoms with E-state index in [9.17, 15) is 15.3 Å². The number of aryl methyl sites for hydroxylation is 1. The van der Waals surface area contributed by atoms with E-state index in [0.717, 1.165) is 70.4 Å². The third kappa shape index (κ3) is 10.0. The summed E-state index contributed by atoms with van der Waals surface area (Å²) < 4.78 is 6.36. The lowest BCUT2D eigenvalue weighted by atomic mass is 10.1. The van der Waals surface area contributed by atoms with Gasteiger partial charge in [0.25, 0.3) is 0 Å². The molecule has 0 fully saturated rings. The lowest BCUT2D eigenvalue weighted by Crippen LogP contribution is -2.22. The molecule has 0 heterocycles. The van der Waals surface area contributed by atoms with E-state index < -0.39 is 6.10 Å². The number of halogens is 1. The van der Waals surface area contributed by atoms with Crippen LogP contribution in [0.15, 0.2) is 36.4 Å². The number of aliphatic hydroxyl groups excluding tert-OH is 2. The van der Waals surface area contributed by atoms with Gasteiger partial charge >= 0.3 is 0 Å². The SMILES string of the molecule is Nc1ccc(CCCCOCCCCCCNCC(O)c2cc([125I])c(O)c(CO)c2)cc1. The van der Waals surface area contributed by atoms with Gasteiger partial charge in [-0.3, -0.25) is 0 Å². The minimum absolute atomic E-state index is 0.0825. The second-order valence-corrected chi connectivity index (χ2v) is 9.28. The molecule has 0 aliphatic heterocycles. The molecule has 1 unspecified atom stereocenters. The summed E-state index contributed by atoms with van der Waals surface area (Å²) in [6, 6.07) is 11.5. The Hall–Kier alpha value is -1.39. The number of unbranched alkanes of at least 4 members (excludes halogenated alkanes) is 4. The number of anilines is 1. The van der Waals surface area contributed by atoms with Crippen molar-refractivity contribution in [3.8, 4) is 5.75 Å². The van der Waals surface area contributed by atoms with E-state index >= 15 is 0 Å². The Morgan fingerprint density at radius 3 is 2.38 bits per heavy atom. The number of phenols is 1. The van der Waals surface area contributed by atoms with Crippen molar-refractivity contribution in [2.24, 2.45) is 0 Å². The van der Waals surface area contributed by atoms with Gasteiger partial charge in [0, 0.05) is 31.0 Å². The van der Waals surface area contributed by atoms with E-state index in [1.165, 1.54) is 5.56 Å². The van der Waals surface area contributed by atoms with Crippen LogP contribution in [0.5, 0.6) is 5.75 Å². The summed E-state index contributed by atoms with van der Waals surface area (Å²) in [5, 5.41) is 32.8. The molecule has 2 rings (SSSR count). The molecule has 0 aliphatic carbocycles. The van der Waals surface area contributed by atoms with Crippen molar-refractivity contribution in [1.82, 2.24) is 5.32 Å². The van der Waals surface area contributed by atoms with Gasteiger partial charge in [0.1, 0.15) is 5.75 Å². The molecular weight excluding hydrogens is 517 g/mol. The average molecular weight is 554 g/mol. The Morgan fingerprint density at radius 2 is 1.66 bits per heavy atom. The van der Waals surface area contributed by atoms with Crippen molar-refractivity contribution in [3.63, 3.8) is 0 Å². The van der Waals surface area contributed by atoms with Gasteiger partial charge in [-0.2, -0.15) is 0 Å². The van der Waals surface area contributed by atoms with E-state index in [-0.39, 0.29) is 12.4 Å². The molecule has 0 saturated heterocycles. The molecule has 0 bridgehead atoms. The minimum Gasteiger partial charge on any atom is -0.506 e. The van der Waals surface area contributed by atoms with E-state index in [1.54, 1.807) is 12.1 Å². The zero-order valence-electron chi connectivity index (χ0n) is 18.7. The molecule has 2 aromatic rings. The second kappa shape index (κ2) is 15.4. The lowest BCUT2D eigenvalue weighted by Gasteiger charge is -2.15. The third-order valence-electron chi connectivity index (χ3n) is 5.43. The van der Waals surface area contributed by atoms with Gasteiger partial charge in [0.05, 0.1) is 16.3 Å². The summed E-state index contributed by atoms with van der Waals surface area (Å²) in [7, 11) is 0. The van der Waals surface area contributed by atoms with Crippen molar-refractivity contribution < 1.29 is 20.1 Å². The Morgan fingerprint density at radius 1 is 0.969 bits per heavy atom. The van der Waals surface area contributed by atoms with Gasteiger partial charge < -0.3 is 31.1 Å². The quantitative estimate of drug-likeness (QED) is 0.120. The maximum absolute atomic E-state index is 10.3. The molecular formula is C25H37IN2O4. The molecule has 0 aromatic heterocycles. The molecule has 0 radical (unpaired) electrons. The molecule has 1 atom stereocenters. The molecule has 2 aromatic carbocycles. The molecule has 0 saturated carbocycles. The van der Waals surface area contributed by atoms with Crippen LogP contribution < -0.4 is 11.1 Å². The number of hydrogen-bond acceptors (Lipinski definition) is 6. The number of aromatic hydroxyl groups is 1. The maximum atomic E-state index is 10.3. The number of rotatable bonds is 16. The van der Waals surface area contributed by atoms with Crippen LogP contribution >= 0.6 is 22.6 Å². The number of hydrogen-bond donors (Lipinski definition) is 5. The van der Waals surface area contributed by atoms with Gasteiger partial charge in [-0.15, -0.1) is 0 Å². The fourth-order valence-electron chi connectivity index (χ4n) is 3.48. The first-order chi connectivity index (χ1) is 15.5.